The summed E-state index contributed by atoms with van der Waals surface area (Å²) in [5, 5.41) is 5.03. The van der Waals surface area contributed by atoms with Gasteiger partial charge in [0.15, 0.2) is 0 Å². The summed E-state index contributed by atoms with van der Waals surface area (Å²) in [7, 11) is 0. The maximum absolute atomic E-state index is 2.29. The molecule has 0 atom stereocenters. The lowest BCUT2D eigenvalue weighted by molar-refractivity contribution is 1.55. The summed E-state index contributed by atoms with van der Waals surface area (Å²) >= 11 is 0. The molecule has 0 amide bonds. The maximum atomic E-state index is 2.29. The Kier molecular flexibility index (Phi) is 7.02. The zero-order chi connectivity index (χ0) is 28.1. The third-order valence-electron chi connectivity index (χ3n) is 7.83. The van der Waals surface area contributed by atoms with Gasteiger partial charge in [-0.3, -0.25) is 0 Å². The third-order valence-corrected chi connectivity index (χ3v) is 7.83. The molecule has 7 aromatic carbocycles. The monoisotopic (exact) mass is 534 g/mol. The first-order chi connectivity index (χ1) is 20.8. The molecule has 0 heterocycles. The first-order valence-electron chi connectivity index (χ1n) is 14.4. The average molecular weight is 535 g/mol. The summed E-state index contributed by atoms with van der Waals surface area (Å²) in [5.41, 5.74) is 9.70. The Bertz CT molecular complexity index is 2000. The van der Waals surface area contributed by atoms with Crippen LogP contribution >= 0.6 is 0 Å². The maximum Gasteiger partial charge on any atom is -0.0105 e. The van der Waals surface area contributed by atoms with Crippen LogP contribution in [0, 0.1) is 0 Å². The lowest BCUT2D eigenvalue weighted by Gasteiger charge is -2.10. The fraction of sp³-hybridized carbons (Fsp3) is 0. The largest absolute Gasteiger partial charge is 0.0622 e. The average Bonchev–Trinajstić information content (AvgIpc) is 3.07. The van der Waals surface area contributed by atoms with Gasteiger partial charge >= 0.3 is 0 Å². The van der Waals surface area contributed by atoms with Gasteiger partial charge in [0.05, 0.1) is 0 Å². The van der Waals surface area contributed by atoms with Gasteiger partial charge in [0.2, 0.25) is 0 Å². The van der Waals surface area contributed by atoms with Crippen LogP contribution in [0.25, 0.3) is 56.5 Å². The van der Waals surface area contributed by atoms with E-state index in [4.69, 9.17) is 0 Å². The van der Waals surface area contributed by atoms with Crippen molar-refractivity contribution < 1.29 is 0 Å². The van der Waals surface area contributed by atoms with Gasteiger partial charge in [0.25, 0.3) is 0 Å². The topological polar surface area (TPSA) is 0 Å². The molecule has 198 valence electrons. The van der Waals surface area contributed by atoms with E-state index < -0.39 is 0 Å². The first-order valence-corrected chi connectivity index (χ1v) is 14.4. The van der Waals surface area contributed by atoms with Gasteiger partial charge in [-0.25, -0.2) is 0 Å². The molecule has 0 spiro atoms. The Morgan fingerprint density at radius 2 is 0.786 bits per heavy atom. The number of benzene rings is 7. The molecule has 7 rings (SSSR count). The molecule has 0 aliphatic heterocycles. The highest BCUT2D eigenvalue weighted by Crippen LogP contribution is 2.29. The summed E-state index contributed by atoms with van der Waals surface area (Å²) < 4.78 is 0. The minimum Gasteiger partial charge on any atom is -0.0622 e. The highest BCUT2D eigenvalue weighted by atomic mass is 14.1. The first kappa shape index (κ1) is 25.5. The Morgan fingerprint density at radius 1 is 0.333 bits per heavy atom. The highest BCUT2D eigenvalue weighted by Gasteiger charge is 2.06. The normalized spacial score (nSPS) is 11.2. The van der Waals surface area contributed by atoms with Crippen LogP contribution < -0.4 is 0 Å². The summed E-state index contributed by atoms with van der Waals surface area (Å²) in [6.45, 7) is 0. The second kappa shape index (κ2) is 11.6. The lowest BCUT2D eigenvalue weighted by Crippen LogP contribution is -1.88. The van der Waals surface area contributed by atoms with E-state index in [1.54, 1.807) is 0 Å². The van der Waals surface area contributed by atoms with Gasteiger partial charge in [-0.05, 0) is 90.3 Å². The Hall–Kier alpha value is -5.46. The molecule has 0 aliphatic rings. The van der Waals surface area contributed by atoms with E-state index in [9.17, 15) is 0 Å². The molecule has 0 radical (unpaired) electrons. The van der Waals surface area contributed by atoms with Gasteiger partial charge in [0, 0.05) is 0 Å². The van der Waals surface area contributed by atoms with Crippen LogP contribution in [0.2, 0.25) is 0 Å². The predicted octanol–water partition coefficient (Wildman–Crippen LogP) is 11.4. The number of rotatable bonds is 6. The minimum absolute atomic E-state index is 1.19. The van der Waals surface area contributed by atoms with Crippen molar-refractivity contribution in [1.82, 2.24) is 0 Å². The van der Waals surface area contributed by atoms with Crippen molar-refractivity contribution >= 4 is 45.3 Å². The Labute approximate surface area is 247 Å². The Morgan fingerprint density at radius 3 is 1.43 bits per heavy atom. The second-order valence-corrected chi connectivity index (χ2v) is 10.7. The fourth-order valence-electron chi connectivity index (χ4n) is 5.56. The van der Waals surface area contributed by atoms with E-state index in [0.29, 0.717) is 0 Å². The molecule has 0 saturated carbocycles. The molecule has 0 aliphatic carbocycles. The van der Waals surface area contributed by atoms with Crippen molar-refractivity contribution in [2.75, 3.05) is 0 Å². The van der Waals surface area contributed by atoms with Crippen molar-refractivity contribution in [3.05, 3.63) is 192 Å². The van der Waals surface area contributed by atoms with Crippen LogP contribution in [0.1, 0.15) is 27.8 Å². The van der Waals surface area contributed by atoms with Crippen LogP contribution in [0.15, 0.2) is 164 Å². The van der Waals surface area contributed by atoms with Crippen molar-refractivity contribution in [3.8, 4) is 11.1 Å². The molecule has 0 saturated heterocycles. The summed E-state index contributed by atoms with van der Waals surface area (Å²) in [6.07, 6.45) is 6.67. The quantitative estimate of drug-likeness (QED) is 0.186. The summed E-state index contributed by atoms with van der Waals surface area (Å²) in [6, 6.07) is 58.6. The van der Waals surface area contributed by atoms with E-state index in [0.717, 1.165) is 0 Å². The predicted molar refractivity (Wildman–Crippen MR) is 182 cm³/mol. The molecule has 0 unspecified atom stereocenters. The van der Waals surface area contributed by atoms with Crippen molar-refractivity contribution in [2.45, 2.75) is 0 Å². The molecule has 0 heteroatoms. The van der Waals surface area contributed by atoms with Gasteiger partial charge in [0.1, 0.15) is 0 Å². The number of hydrogen-bond acceptors (Lipinski definition) is 0. The second-order valence-electron chi connectivity index (χ2n) is 10.7. The summed E-state index contributed by atoms with van der Waals surface area (Å²) in [4.78, 5) is 0. The van der Waals surface area contributed by atoms with Crippen LogP contribution in [-0.4, -0.2) is 0 Å². The van der Waals surface area contributed by atoms with Crippen LogP contribution in [0.3, 0.4) is 0 Å². The number of hydrogen-bond donors (Lipinski definition) is 0. The van der Waals surface area contributed by atoms with Crippen LogP contribution in [-0.2, 0) is 0 Å². The zero-order valence-electron chi connectivity index (χ0n) is 23.3. The standard InChI is InChI=1S/C42H30/c1-3-10-36(11-4-1)42(37-12-5-2-6-13-37)29-33-18-22-35(23-19-33)40-26-25-39-28-32(20-24-41(39)30-40)16-15-31-17-21-34-9-7-8-14-38(34)27-31/h1-30H. The summed E-state index contributed by atoms with van der Waals surface area (Å²) in [5.74, 6) is 0. The molecular formula is C42H30. The zero-order valence-corrected chi connectivity index (χ0v) is 23.3. The molecule has 7 aromatic rings. The van der Waals surface area contributed by atoms with Crippen molar-refractivity contribution in [3.63, 3.8) is 0 Å². The van der Waals surface area contributed by atoms with Crippen LogP contribution in [0.4, 0.5) is 0 Å². The van der Waals surface area contributed by atoms with E-state index in [1.165, 1.54) is 66.1 Å². The lowest BCUT2D eigenvalue weighted by atomic mass is 9.95. The van der Waals surface area contributed by atoms with E-state index in [-0.39, 0.29) is 0 Å². The number of fused-ring (bicyclic) bond motifs is 2. The highest BCUT2D eigenvalue weighted by molar-refractivity contribution is 5.93. The van der Waals surface area contributed by atoms with E-state index >= 15 is 0 Å². The Balaban J connectivity index is 1.13. The van der Waals surface area contributed by atoms with E-state index in [1.807, 2.05) is 0 Å². The molecular weight excluding hydrogens is 504 g/mol. The van der Waals surface area contributed by atoms with Crippen LogP contribution in [0.5, 0.6) is 0 Å². The molecule has 0 N–H and O–H groups in total. The smallest absolute Gasteiger partial charge is 0.0105 e. The molecule has 42 heavy (non-hydrogen) atoms. The van der Waals surface area contributed by atoms with Gasteiger partial charge in [-0.2, -0.15) is 0 Å². The molecule has 0 aromatic heterocycles. The molecule has 0 nitrogen and oxygen atoms in total. The van der Waals surface area contributed by atoms with Crippen molar-refractivity contribution in [1.29, 1.82) is 0 Å². The van der Waals surface area contributed by atoms with Gasteiger partial charge in [-0.1, -0.05) is 158 Å². The molecule has 0 fully saturated rings. The SMILES string of the molecule is C(=Cc1ccc2cc(-c3ccc(C=C(c4ccccc4)c4ccccc4)cc3)ccc2c1)c1ccc2ccccc2c1. The third kappa shape index (κ3) is 5.57. The van der Waals surface area contributed by atoms with E-state index in [2.05, 4.69) is 182 Å². The fourth-order valence-corrected chi connectivity index (χ4v) is 5.56. The minimum atomic E-state index is 1.19. The molecule has 0 bridgehead atoms. The van der Waals surface area contributed by atoms with Gasteiger partial charge in [-0.15, -0.1) is 0 Å². The van der Waals surface area contributed by atoms with Crippen molar-refractivity contribution in [2.24, 2.45) is 0 Å². The van der Waals surface area contributed by atoms with Gasteiger partial charge < -0.3 is 0 Å².